The minimum absolute atomic E-state index is 0.155. The topological polar surface area (TPSA) is 98.2 Å². The number of ether oxygens (including phenoxy) is 1. The number of hydrogen-bond acceptors (Lipinski definition) is 8. The Morgan fingerprint density at radius 2 is 1.72 bits per heavy atom. The van der Waals surface area contributed by atoms with E-state index in [1.54, 1.807) is 6.20 Å². The fourth-order valence-electron chi connectivity index (χ4n) is 5.58. The summed E-state index contributed by atoms with van der Waals surface area (Å²) in [6.07, 6.45) is 4.03. The number of pyridine rings is 1. The lowest BCUT2D eigenvalue weighted by Crippen LogP contribution is -2.45. The molecule has 2 atom stereocenters. The number of likely N-dealkylation sites (N-methyl/N-ethyl adjacent to an activating group) is 1. The van der Waals surface area contributed by atoms with Gasteiger partial charge < -0.3 is 15.0 Å². The monoisotopic (exact) mass is 488 g/mol. The first-order chi connectivity index (χ1) is 17.5. The van der Waals surface area contributed by atoms with E-state index in [2.05, 4.69) is 60.9 Å². The summed E-state index contributed by atoms with van der Waals surface area (Å²) in [6.45, 7) is 7.16. The number of imidazole rings is 1. The van der Waals surface area contributed by atoms with Crippen molar-refractivity contribution in [3.63, 3.8) is 0 Å². The number of hydrogen-bond donors (Lipinski definition) is 1. The molecule has 2 N–H and O–H groups in total. The number of methoxy groups -OCH3 is 1. The van der Waals surface area contributed by atoms with Crippen molar-refractivity contribution in [1.82, 2.24) is 34.3 Å². The summed E-state index contributed by atoms with van der Waals surface area (Å²) in [5.41, 5.74) is 10.0. The zero-order valence-corrected chi connectivity index (χ0v) is 20.4. The molecule has 9 nitrogen and oxygen atoms in total. The average Bonchev–Trinajstić information content (AvgIpc) is 3.58. The molecule has 6 rings (SSSR count). The number of piperazine rings is 1. The molecule has 2 bridgehead atoms. The van der Waals surface area contributed by atoms with Gasteiger partial charge in [0.2, 0.25) is 0 Å². The summed E-state index contributed by atoms with van der Waals surface area (Å²) in [7, 11) is 1.49. The summed E-state index contributed by atoms with van der Waals surface area (Å²) in [5.74, 6) is 0.284. The van der Waals surface area contributed by atoms with Crippen LogP contribution >= 0.6 is 0 Å². The van der Waals surface area contributed by atoms with Crippen LogP contribution in [0.15, 0.2) is 42.7 Å². The number of likely N-dealkylation sites (tertiary alicyclic amines) is 2. The van der Waals surface area contributed by atoms with Crippen LogP contribution in [0, 0.1) is 5.82 Å². The third kappa shape index (κ3) is 4.06. The Balaban J connectivity index is 1.29. The van der Waals surface area contributed by atoms with Crippen LogP contribution < -0.4 is 10.5 Å². The molecule has 3 aromatic heterocycles. The summed E-state index contributed by atoms with van der Waals surface area (Å²) in [5, 5.41) is 0. The van der Waals surface area contributed by atoms with Crippen molar-refractivity contribution in [1.29, 1.82) is 0 Å². The van der Waals surface area contributed by atoms with Gasteiger partial charge in [-0.2, -0.15) is 9.97 Å². The summed E-state index contributed by atoms with van der Waals surface area (Å²) < 4.78 is 21.1. The van der Waals surface area contributed by atoms with E-state index in [1.165, 1.54) is 37.9 Å². The minimum Gasteiger partial charge on any atom is -0.467 e. The molecule has 10 heteroatoms. The summed E-state index contributed by atoms with van der Waals surface area (Å²) >= 11 is 0. The highest BCUT2D eigenvalue weighted by molar-refractivity contribution is 5.85. The predicted octanol–water partition coefficient (Wildman–Crippen LogP) is 2.94. The SMILES string of the molecule is CCN1C[C@@H]2C[C@H]1CN2Cc1ccc(Cn2c(-c3cncc(F)c3)nc3c(N)nc(OC)nc32)cc1. The van der Waals surface area contributed by atoms with Crippen LogP contribution in [0.5, 0.6) is 6.01 Å². The molecule has 186 valence electrons. The van der Waals surface area contributed by atoms with Crippen molar-refractivity contribution in [3.05, 3.63) is 59.7 Å². The second-order valence-electron chi connectivity index (χ2n) is 9.56. The third-order valence-electron chi connectivity index (χ3n) is 7.37. The van der Waals surface area contributed by atoms with Crippen molar-refractivity contribution in [2.24, 2.45) is 0 Å². The second kappa shape index (κ2) is 9.11. The van der Waals surface area contributed by atoms with Gasteiger partial charge in [-0.15, -0.1) is 0 Å². The molecule has 4 aromatic rings. The molecule has 0 aliphatic carbocycles. The molecule has 2 aliphatic rings. The van der Waals surface area contributed by atoms with Crippen LogP contribution in [0.2, 0.25) is 0 Å². The van der Waals surface area contributed by atoms with Gasteiger partial charge in [0.05, 0.1) is 19.9 Å². The van der Waals surface area contributed by atoms with Gasteiger partial charge in [0.25, 0.3) is 0 Å². The highest BCUT2D eigenvalue weighted by Crippen LogP contribution is 2.32. The van der Waals surface area contributed by atoms with Gasteiger partial charge in [-0.1, -0.05) is 31.2 Å². The van der Waals surface area contributed by atoms with Gasteiger partial charge in [-0.25, -0.2) is 9.37 Å². The molecule has 5 heterocycles. The van der Waals surface area contributed by atoms with Crippen molar-refractivity contribution in [2.45, 2.75) is 38.5 Å². The fraction of sp³-hybridized carbons (Fsp3) is 0.385. The van der Waals surface area contributed by atoms with Gasteiger partial charge in [-0.05, 0) is 30.2 Å². The Hall–Kier alpha value is -3.63. The van der Waals surface area contributed by atoms with E-state index in [-0.39, 0.29) is 11.8 Å². The van der Waals surface area contributed by atoms with Crippen LogP contribution in [0.25, 0.3) is 22.6 Å². The number of nitrogens with zero attached hydrogens (tertiary/aromatic N) is 7. The molecule has 2 aliphatic heterocycles. The molecule has 0 spiro atoms. The Labute approximate surface area is 208 Å². The molecule has 0 unspecified atom stereocenters. The molecule has 36 heavy (non-hydrogen) atoms. The number of nitrogen functional groups attached to an aromatic ring is 1. The maximum Gasteiger partial charge on any atom is 0.320 e. The van der Waals surface area contributed by atoms with Crippen molar-refractivity contribution in [2.75, 3.05) is 32.5 Å². The number of benzene rings is 1. The highest BCUT2D eigenvalue weighted by Gasteiger charge is 2.42. The lowest BCUT2D eigenvalue weighted by atomic mass is 10.1. The first-order valence-electron chi connectivity index (χ1n) is 12.3. The molecule has 1 aromatic carbocycles. The molecule has 0 amide bonds. The van der Waals surface area contributed by atoms with Crippen molar-refractivity contribution >= 4 is 17.0 Å². The fourth-order valence-corrected chi connectivity index (χ4v) is 5.58. The first-order valence-corrected chi connectivity index (χ1v) is 12.3. The number of nitrogens with two attached hydrogens (primary N) is 1. The minimum atomic E-state index is -0.440. The average molecular weight is 489 g/mol. The van der Waals surface area contributed by atoms with E-state index < -0.39 is 5.82 Å². The number of halogens is 1. The van der Waals surface area contributed by atoms with Crippen LogP contribution in [0.4, 0.5) is 10.2 Å². The van der Waals surface area contributed by atoms with Crippen molar-refractivity contribution in [3.8, 4) is 17.4 Å². The lowest BCUT2D eigenvalue weighted by Gasteiger charge is -2.33. The standard InChI is InChI=1S/C26H29FN8O/c1-3-33-14-21-9-20(33)15-34(21)12-16-4-6-17(7-5-16)13-35-24(18-8-19(27)11-29-10-18)30-22-23(28)31-26(36-2)32-25(22)35/h4-8,10-11,20-21H,3,9,12-15H2,1-2H3,(H2,28,31,32)/t20-,21-/m0/s1. The smallest absolute Gasteiger partial charge is 0.320 e. The highest BCUT2D eigenvalue weighted by atomic mass is 19.1. The van der Waals surface area contributed by atoms with Crippen LogP contribution in [0.1, 0.15) is 24.5 Å². The Morgan fingerprint density at radius 3 is 2.39 bits per heavy atom. The number of aromatic nitrogens is 5. The van der Waals surface area contributed by atoms with Gasteiger partial charge in [0.1, 0.15) is 11.6 Å². The molecule has 2 saturated heterocycles. The van der Waals surface area contributed by atoms with Gasteiger partial charge in [-0.3, -0.25) is 14.8 Å². The second-order valence-corrected chi connectivity index (χ2v) is 9.56. The van der Waals surface area contributed by atoms with Crippen LogP contribution in [0.3, 0.4) is 0 Å². The lowest BCUT2D eigenvalue weighted by molar-refractivity contribution is 0.127. The molecular formula is C26H29FN8O. The Bertz CT molecular complexity index is 1410. The predicted molar refractivity (Wildman–Crippen MR) is 135 cm³/mol. The Morgan fingerprint density at radius 1 is 1.00 bits per heavy atom. The van der Waals surface area contributed by atoms with Gasteiger partial charge >= 0.3 is 6.01 Å². The number of fused-ring (bicyclic) bond motifs is 3. The van der Waals surface area contributed by atoms with Crippen LogP contribution in [-0.2, 0) is 13.1 Å². The quantitative estimate of drug-likeness (QED) is 0.424. The number of rotatable bonds is 7. The third-order valence-corrected chi connectivity index (χ3v) is 7.37. The maximum absolute atomic E-state index is 14.0. The normalized spacial score (nSPS) is 20.0. The first kappa shape index (κ1) is 22.8. The van der Waals surface area contributed by atoms with E-state index >= 15 is 0 Å². The van der Waals surface area contributed by atoms with Gasteiger partial charge in [0.15, 0.2) is 17.0 Å². The largest absolute Gasteiger partial charge is 0.467 e. The Kier molecular flexibility index (Phi) is 5.77. The maximum atomic E-state index is 14.0. The molecule has 2 fully saturated rings. The summed E-state index contributed by atoms with van der Waals surface area (Å²) in [4.78, 5) is 22.5. The van der Waals surface area contributed by atoms with Crippen molar-refractivity contribution < 1.29 is 9.13 Å². The zero-order valence-electron chi connectivity index (χ0n) is 20.4. The summed E-state index contributed by atoms with van der Waals surface area (Å²) in [6, 6.07) is 11.5. The van der Waals surface area contributed by atoms with E-state index in [0.29, 0.717) is 41.2 Å². The molecule has 0 radical (unpaired) electrons. The zero-order chi connectivity index (χ0) is 24.8. The molecule has 0 saturated carbocycles. The van der Waals surface area contributed by atoms with E-state index in [1.807, 2.05) is 4.57 Å². The van der Waals surface area contributed by atoms with Crippen LogP contribution in [-0.4, -0.2) is 73.1 Å². The van der Waals surface area contributed by atoms with E-state index in [4.69, 9.17) is 10.5 Å². The van der Waals surface area contributed by atoms with E-state index in [9.17, 15) is 4.39 Å². The van der Waals surface area contributed by atoms with Gasteiger partial charge in [0, 0.05) is 43.5 Å². The number of anilines is 1. The van der Waals surface area contributed by atoms with E-state index in [0.717, 1.165) is 25.2 Å². The molecular weight excluding hydrogens is 459 g/mol.